The third kappa shape index (κ3) is 4.38. The van der Waals surface area contributed by atoms with E-state index < -0.39 is 11.4 Å². The van der Waals surface area contributed by atoms with Crippen LogP contribution in [0.25, 0.3) is 10.4 Å². The van der Waals surface area contributed by atoms with Gasteiger partial charge in [-0.1, -0.05) is 17.2 Å². The van der Waals surface area contributed by atoms with Crippen molar-refractivity contribution in [3.8, 4) is 0 Å². The smallest absolute Gasteiger partial charge is 0.242 e. The Hall–Kier alpha value is -1.31. The van der Waals surface area contributed by atoms with Crippen molar-refractivity contribution in [2.75, 3.05) is 13.1 Å². The maximum absolute atomic E-state index is 11.7. The van der Waals surface area contributed by atoms with E-state index in [1.807, 2.05) is 24.3 Å². The van der Waals surface area contributed by atoms with E-state index in [9.17, 15) is 4.79 Å². The molecular formula is C12H16IN5O. The molecule has 6 nitrogen and oxygen atoms in total. The maximum Gasteiger partial charge on any atom is 0.242 e. The largest absolute Gasteiger partial charge is 0.368 e. The zero-order valence-corrected chi connectivity index (χ0v) is 12.8. The molecule has 0 aliphatic rings. The van der Waals surface area contributed by atoms with Gasteiger partial charge in [0.1, 0.15) is 5.54 Å². The third-order valence-corrected chi connectivity index (χ3v) is 3.61. The summed E-state index contributed by atoms with van der Waals surface area (Å²) >= 11 is 2.20. The number of halogens is 1. The van der Waals surface area contributed by atoms with Gasteiger partial charge < -0.3 is 5.73 Å². The van der Waals surface area contributed by atoms with Crippen LogP contribution in [0.3, 0.4) is 0 Å². The zero-order valence-electron chi connectivity index (χ0n) is 10.6. The Morgan fingerprint density at radius 3 is 2.68 bits per heavy atom. The summed E-state index contributed by atoms with van der Waals surface area (Å²) < 4.78 is 1.09. The number of nitrogens with one attached hydrogen (secondary N) is 1. The highest BCUT2D eigenvalue weighted by molar-refractivity contribution is 14.1. The Morgan fingerprint density at radius 2 is 2.16 bits per heavy atom. The summed E-state index contributed by atoms with van der Waals surface area (Å²) in [6.45, 7) is 2.70. The van der Waals surface area contributed by atoms with Crippen molar-refractivity contribution in [2.45, 2.75) is 18.9 Å². The Kier molecular flexibility index (Phi) is 6.07. The number of azide groups is 1. The zero-order chi connectivity index (χ0) is 14.3. The number of carbonyl (C=O) groups is 1. The van der Waals surface area contributed by atoms with E-state index in [0.717, 1.165) is 9.13 Å². The SMILES string of the molecule is CC(NCCCN=[N+]=[N-])(C(N)=O)c1ccc(I)cc1. The average Bonchev–Trinajstić information content (AvgIpc) is 2.38. The van der Waals surface area contributed by atoms with Crippen molar-refractivity contribution >= 4 is 28.5 Å². The minimum absolute atomic E-state index is 0.394. The van der Waals surface area contributed by atoms with E-state index in [1.165, 1.54) is 0 Å². The van der Waals surface area contributed by atoms with Crippen LogP contribution in [0.4, 0.5) is 0 Å². The van der Waals surface area contributed by atoms with E-state index in [2.05, 4.69) is 37.9 Å². The fourth-order valence-corrected chi connectivity index (χ4v) is 2.01. The highest BCUT2D eigenvalue weighted by atomic mass is 127. The van der Waals surface area contributed by atoms with Gasteiger partial charge in [0.15, 0.2) is 0 Å². The molecule has 1 rings (SSSR count). The topological polar surface area (TPSA) is 104 Å². The lowest BCUT2D eigenvalue weighted by molar-refractivity contribution is -0.124. The predicted octanol–water partition coefficient (Wildman–Crippen LogP) is 2.28. The lowest BCUT2D eigenvalue weighted by Gasteiger charge is -2.28. The van der Waals surface area contributed by atoms with Crippen LogP contribution >= 0.6 is 22.6 Å². The molecule has 1 amide bonds. The Bertz CT molecular complexity index is 483. The molecule has 0 aliphatic carbocycles. The molecular weight excluding hydrogens is 357 g/mol. The molecule has 19 heavy (non-hydrogen) atoms. The predicted molar refractivity (Wildman–Crippen MR) is 82.3 cm³/mol. The van der Waals surface area contributed by atoms with Gasteiger partial charge in [0, 0.05) is 15.0 Å². The number of hydrogen-bond donors (Lipinski definition) is 2. The number of amides is 1. The second-order valence-electron chi connectivity index (χ2n) is 4.23. The number of carbonyl (C=O) groups excluding carboxylic acids is 1. The van der Waals surface area contributed by atoms with Crippen LogP contribution < -0.4 is 11.1 Å². The highest BCUT2D eigenvalue weighted by Gasteiger charge is 2.32. The summed E-state index contributed by atoms with van der Waals surface area (Å²) in [5.74, 6) is -0.433. The first-order chi connectivity index (χ1) is 9.00. The summed E-state index contributed by atoms with van der Waals surface area (Å²) in [4.78, 5) is 14.4. The molecule has 1 atom stereocenters. The molecule has 7 heteroatoms. The van der Waals surface area contributed by atoms with Gasteiger partial charge >= 0.3 is 0 Å². The molecule has 0 aliphatic heterocycles. The van der Waals surface area contributed by atoms with Gasteiger partial charge in [-0.25, -0.2) is 0 Å². The fraction of sp³-hybridized carbons (Fsp3) is 0.417. The van der Waals surface area contributed by atoms with Crippen LogP contribution in [0, 0.1) is 3.57 Å². The molecule has 0 radical (unpaired) electrons. The van der Waals surface area contributed by atoms with Gasteiger partial charge in [-0.3, -0.25) is 10.1 Å². The third-order valence-electron chi connectivity index (χ3n) is 2.89. The van der Waals surface area contributed by atoms with Crippen molar-refractivity contribution in [1.82, 2.24) is 5.32 Å². The van der Waals surface area contributed by atoms with Crippen LogP contribution in [0.15, 0.2) is 29.4 Å². The van der Waals surface area contributed by atoms with E-state index in [4.69, 9.17) is 11.3 Å². The van der Waals surface area contributed by atoms with Gasteiger partial charge in [-0.2, -0.15) is 0 Å². The quantitative estimate of drug-likeness (QED) is 0.252. The standard InChI is InChI=1S/C12H16IN5O/c1-12(11(14)19,16-7-2-8-17-18-15)9-3-5-10(13)6-4-9/h3-6,16H,2,7-8H2,1H3,(H2,14,19). The molecule has 3 N–H and O–H groups in total. The second-order valence-corrected chi connectivity index (χ2v) is 5.48. The van der Waals surface area contributed by atoms with E-state index in [1.54, 1.807) is 6.92 Å². The molecule has 0 aromatic heterocycles. The van der Waals surface area contributed by atoms with Gasteiger partial charge in [0.05, 0.1) is 0 Å². The molecule has 0 saturated carbocycles. The van der Waals surface area contributed by atoms with Gasteiger partial charge in [0.25, 0.3) is 0 Å². The Balaban J connectivity index is 2.76. The maximum atomic E-state index is 11.7. The van der Waals surface area contributed by atoms with Crippen LogP contribution in [-0.4, -0.2) is 19.0 Å². The average molecular weight is 373 g/mol. The number of primary amides is 1. The van der Waals surface area contributed by atoms with E-state index in [0.29, 0.717) is 19.5 Å². The Labute approximate surface area is 125 Å². The van der Waals surface area contributed by atoms with Crippen molar-refractivity contribution in [3.63, 3.8) is 0 Å². The summed E-state index contributed by atoms with van der Waals surface area (Å²) in [5.41, 5.74) is 13.6. The first-order valence-corrected chi connectivity index (χ1v) is 6.90. The van der Waals surface area contributed by atoms with E-state index >= 15 is 0 Å². The van der Waals surface area contributed by atoms with Crippen LogP contribution in [0.1, 0.15) is 18.9 Å². The molecule has 0 spiro atoms. The van der Waals surface area contributed by atoms with Crippen molar-refractivity contribution < 1.29 is 4.79 Å². The summed E-state index contributed by atoms with van der Waals surface area (Å²) in [7, 11) is 0. The Morgan fingerprint density at radius 1 is 1.53 bits per heavy atom. The van der Waals surface area contributed by atoms with Crippen LogP contribution in [0.5, 0.6) is 0 Å². The van der Waals surface area contributed by atoms with Gasteiger partial charge in [-0.15, -0.1) is 0 Å². The molecule has 0 saturated heterocycles. The number of nitrogens with zero attached hydrogens (tertiary/aromatic N) is 3. The summed E-state index contributed by atoms with van der Waals surface area (Å²) in [6.07, 6.45) is 0.650. The molecule has 0 fully saturated rings. The number of benzene rings is 1. The minimum Gasteiger partial charge on any atom is -0.368 e. The molecule has 1 aromatic carbocycles. The van der Waals surface area contributed by atoms with E-state index in [-0.39, 0.29) is 0 Å². The van der Waals surface area contributed by atoms with Crippen molar-refractivity contribution in [2.24, 2.45) is 10.8 Å². The summed E-state index contributed by atoms with van der Waals surface area (Å²) in [5, 5.41) is 6.57. The molecule has 0 bridgehead atoms. The fourth-order valence-electron chi connectivity index (χ4n) is 1.65. The normalized spacial score (nSPS) is 13.4. The van der Waals surface area contributed by atoms with Crippen LogP contribution in [0.2, 0.25) is 0 Å². The van der Waals surface area contributed by atoms with Crippen molar-refractivity contribution in [3.05, 3.63) is 43.8 Å². The second kappa shape index (κ2) is 7.32. The highest BCUT2D eigenvalue weighted by Crippen LogP contribution is 2.21. The van der Waals surface area contributed by atoms with Crippen molar-refractivity contribution in [1.29, 1.82) is 0 Å². The first-order valence-electron chi connectivity index (χ1n) is 5.82. The lowest BCUT2D eigenvalue weighted by Crippen LogP contribution is -2.50. The number of nitrogens with two attached hydrogens (primary N) is 1. The van der Waals surface area contributed by atoms with Gasteiger partial charge in [-0.05, 0) is 65.7 Å². The molecule has 1 unspecified atom stereocenters. The molecule has 0 heterocycles. The molecule has 102 valence electrons. The number of hydrogen-bond acceptors (Lipinski definition) is 3. The van der Waals surface area contributed by atoms with Crippen LogP contribution in [-0.2, 0) is 10.3 Å². The monoisotopic (exact) mass is 373 g/mol. The lowest BCUT2D eigenvalue weighted by atomic mass is 9.91. The summed E-state index contributed by atoms with van der Waals surface area (Å²) in [6, 6.07) is 7.62. The van der Waals surface area contributed by atoms with Gasteiger partial charge in [0.2, 0.25) is 5.91 Å². The first kappa shape index (κ1) is 15.7. The number of rotatable bonds is 7. The minimum atomic E-state index is -0.916. The molecule has 1 aromatic rings.